The Balaban J connectivity index is 1.60. The van der Waals surface area contributed by atoms with Crippen LogP contribution in [0.4, 0.5) is 5.69 Å². The van der Waals surface area contributed by atoms with Crippen molar-refractivity contribution in [2.45, 2.75) is 25.9 Å². The molecule has 1 unspecified atom stereocenters. The second kappa shape index (κ2) is 10.3. The Morgan fingerprint density at radius 1 is 0.867 bits per heavy atom. The van der Waals surface area contributed by atoms with Gasteiger partial charge in [-0.3, -0.25) is 9.59 Å². The summed E-state index contributed by atoms with van der Waals surface area (Å²) in [6, 6.07) is 25.1. The molecule has 2 amide bonds. The van der Waals surface area contributed by atoms with Crippen molar-refractivity contribution in [3.63, 3.8) is 0 Å². The molecule has 0 spiro atoms. The number of carbonyl (C=O) groups is 2. The van der Waals surface area contributed by atoms with Gasteiger partial charge in [-0.25, -0.2) is 0 Å². The van der Waals surface area contributed by atoms with Crippen molar-refractivity contribution in [2.75, 3.05) is 12.4 Å². The first-order chi connectivity index (χ1) is 14.6. The normalized spacial score (nSPS) is 11.4. The van der Waals surface area contributed by atoms with Crippen LogP contribution in [0, 0.1) is 0 Å². The van der Waals surface area contributed by atoms with Gasteiger partial charge in [-0.05, 0) is 47.4 Å². The highest BCUT2D eigenvalue weighted by Crippen LogP contribution is 2.23. The highest BCUT2D eigenvalue weighted by Gasteiger charge is 2.18. The molecule has 0 saturated heterocycles. The van der Waals surface area contributed by atoms with Crippen LogP contribution in [-0.2, 0) is 16.0 Å². The molecule has 5 nitrogen and oxygen atoms in total. The van der Waals surface area contributed by atoms with Crippen molar-refractivity contribution >= 4 is 17.5 Å². The molecule has 3 aromatic carbocycles. The zero-order chi connectivity index (χ0) is 21.3. The van der Waals surface area contributed by atoms with E-state index in [1.54, 1.807) is 19.2 Å². The number of nitrogens with one attached hydrogen (secondary N) is 2. The number of likely N-dealkylation sites (N-methyl/N-ethyl adjacent to an activating group) is 1. The molecule has 0 aliphatic heterocycles. The number of benzene rings is 3. The van der Waals surface area contributed by atoms with Gasteiger partial charge in [0.05, 0.1) is 6.42 Å². The maximum atomic E-state index is 12.6. The van der Waals surface area contributed by atoms with Gasteiger partial charge in [0.25, 0.3) is 5.91 Å². The minimum atomic E-state index is -0.599. The van der Waals surface area contributed by atoms with E-state index in [9.17, 15) is 9.59 Å². The maximum Gasteiger partial charge on any atom is 0.265 e. The number of rotatable bonds is 8. The van der Waals surface area contributed by atoms with E-state index in [0.29, 0.717) is 24.3 Å². The molecule has 5 heteroatoms. The van der Waals surface area contributed by atoms with Gasteiger partial charge in [-0.2, -0.15) is 0 Å². The van der Waals surface area contributed by atoms with Crippen molar-refractivity contribution in [1.82, 2.24) is 5.32 Å². The fraction of sp³-hybridized carbons (Fsp3) is 0.200. The summed E-state index contributed by atoms with van der Waals surface area (Å²) in [5, 5.41) is 5.47. The quantitative estimate of drug-likeness (QED) is 0.585. The molecule has 30 heavy (non-hydrogen) atoms. The predicted octanol–water partition coefficient (Wildman–Crippen LogP) is 4.44. The number of hydrogen-bond donors (Lipinski definition) is 2. The third-order valence-electron chi connectivity index (χ3n) is 4.77. The third kappa shape index (κ3) is 5.70. The lowest BCUT2D eigenvalue weighted by Gasteiger charge is -2.18. The fourth-order valence-electron chi connectivity index (χ4n) is 3.05. The van der Waals surface area contributed by atoms with Gasteiger partial charge in [0.1, 0.15) is 5.75 Å². The van der Waals surface area contributed by atoms with Crippen molar-refractivity contribution in [1.29, 1.82) is 0 Å². The summed E-state index contributed by atoms with van der Waals surface area (Å²) in [6.07, 6.45) is 0.254. The monoisotopic (exact) mass is 402 g/mol. The summed E-state index contributed by atoms with van der Waals surface area (Å²) < 4.78 is 5.91. The Morgan fingerprint density at radius 2 is 1.50 bits per heavy atom. The molecule has 0 aliphatic carbocycles. The summed E-state index contributed by atoms with van der Waals surface area (Å²) in [5.41, 5.74) is 3.78. The minimum Gasteiger partial charge on any atom is -0.481 e. The molecule has 0 saturated carbocycles. The summed E-state index contributed by atoms with van der Waals surface area (Å²) >= 11 is 0. The molecular weight excluding hydrogens is 376 g/mol. The highest BCUT2D eigenvalue weighted by molar-refractivity contribution is 5.94. The van der Waals surface area contributed by atoms with Crippen LogP contribution in [0.1, 0.15) is 18.9 Å². The average Bonchev–Trinajstić information content (AvgIpc) is 2.79. The van der Waals surface area contributed by atoms with E-state index >= 15 is 0 Å². The van der Waals surface area contributed by atoms with E-state index in [4.69, 9.17) is 4.74 Å². The Bertz CT molecular complexity index is 968. The summed E-state index contributed by atoms with van der Waals surface area (Å²) in [4.78, 5) is 24.1. The fourth-order valence-corrected chi connectivity index (χ4v) is 3.05. The van der Waals surface area contributed by atoms with E-state index < -0.39 is 6.10 Å². The number of amides is 2. The van der Waals surface area contributed by atoms with Gasteiger partial charge in [-0.15, -0.1) is 0 Å². The summed E-state index contributed by atoms with van der Waals surface area (Å²) in [5.74, 6) is 0.394. The van der Waals surface area contributed by atoms with E-state index in [0.717, 1.165) is 16.7 Å². The minimum absolute atomic E-state index is 0.0514. The van der Waals surface area contributed by atoms with Gasteiger partial charge < -0.3 is 15.4 Å². The molecule has 3 rings (SSSR count). The third-order valence-corrected chi connectivity index (χ3v) is 4.77. The van der Waals surface area contributed by atoms with E-state index in [2.05, 4.69) is 22.8 Å². The molecule has 0 heterocycles. The number of carbonyl (C=O) groups excluding carboxylic acids is 2. The van der Waals surface area contributed by atoms with E-state index in [-0.39, 0.29) is 11.8 Å². The zero-order valence-corrected chi connectivity index (χ0v) is 17.2. The first kappa shape index (κ1) is 21.1. The zero-order valence-electron chi connectivity index (χ0n) is 17.2. The van der Waals surface area contributed by atoms with Gasteiger partial charge in [0.2, 0.25) is 5.91 Å². The maximum absolute atomic E-state index is 12.6. The van der Waals surface area contributed by atoms with E-state index in [1.807, 2.05) is 61.5 Å². The average molecular weight is 402 g/mol. The van der Waals surface area contributed by atoms with Crippen molar-refractivity contribution in [3.05, 3.63) is 84.4 Å². The van der Waals surface area contributed by atoms with Gasteiger partial charge in [0.15, 0.2) is 6.10 Å². The molecule has 0 bridgehead atoms. The summed E-state index contributed by atoms with van der Waals surface area (Å²) in [7, 11) is 1.61. The topological polar surface area (TPSA) is 67.4 Å². The van der Waals surface area contributed by atoms with Crippen LogP contribution in [0.15, 0.2) is 78.9 Å². The predicted molar refractivity (Wildman–Crippen MR) is 119 cm³/mol. The number of anilines is 1. The standard InChI is InChI=1S/C25H26N2O3/c1-3-23(25(29)27-21-13-9-18(10-14-21)17-24(28)26-2)30-22-15-11-20(12-16-22)19-7-5-4-6-8-19/h4-16,23H,3,17H2,1-2H3,(H,26,28)(H,27,29). The molecule has 0 aliphatic rings. The largest absolute Gasteiger partial charge is 0.481 e. The summed E-state index contributed by atoms with van der Waals surface area (Å²) in [6.45, 7) is 1.91. The molecule has 0 radical (unpaired) electrons. The van der Waals surface area contributed by atoms with Gasteiger partial charge in [-0.1, -0.05) is 61.5 Å². The van der Waals surface area contributed by atoms with Crippen LogP contribution < -0.4 is 15.4 Å². The lowest BCUT2D eigenvalue weighted by molar-refractivity contribution is -0.123. The Labute approximate surface area is 177 Å². The molecule has 2 N–H and O–H groups in total. The van der Waals surface area contributed by atoms with Gasteiger partial charge >= 0.3 is 0 Å². The van der Waals surface area contributed by atoms with Crippen molar-refractivity contribution in [3.8, 4) is 16.9 Å². The Morgan fingerprint density at radius 3 is 2.10 bits per heavy atom. The van der Waals surface area contributed by atoms with Crippen molar-refractivity contribution < 1.29 is 14.3 Å². The number of hydrogen-bond acceptors (Lipinski definition) is 3. The molecular formula is C25H26N2O3. The SMILES string of the molecule is CCC(Oc1ccc(-c2ccccc2)cc1)C(=O)Nc1ccc(CC(=O)NC)cc1. The van der Waals surface area contributed by atoms with E-state index in [1.165, 1.54) is 0 Å². The Hall–Kier alpha value is -3.60. The van der Waals surface area contributed by atoms with Crippen LogP contribution in [0.3, 0.4) is 0 Å². The Kier molecular flexibility index (Phi) is 7.22. The van der Waals surface area contributed by atoms with Crippen LogP contribution in [0.2, 0.25) is 0 Å². The molecule has 0 aromatic heterocycles. The second-order valence-electron chi connectivity index (χ2n) is 6.94. The molecule has 0 fully saturated rings. The number of ether oxygens (including phenoxy) is 1. The highest BCUT2D eigenvalue weighted by atomic mass is 16.5. The smallest absolute Gasteiger partial charge is 0.265 e. The van der Waals surface area contributed by atoms with Crippen LogP contribution in [-0.4, -0.2) is 25.0 Å². The van der Waals surface area contributed by atoms with Crippen molar-refractivity contribution in [2.24, 2.45) is 0 Å². The second-order valence-corrected chi connectivity index (χ2v) is 6.94. The first-order valence-electron chi connectivity index (χ1n) is 10.0. The first-order valence-corrected chi connectivity index (χ1v) is 10.0. The molecule has 3 aromatic rings. The lowest BCUT2D eigenvalue weighted by atomic mass is 10.1. The van der Waals surface area contributed by atoms with Gasteiger partial charge in [0, 0.05) is 12.7 Å². The van der Waals surface area contributed by atoms with Crippen LogP contribution in [0.25, 0.3) is 11.1 Å². The molecule has 154 valence electrons. The lowest BCUT2D eigenvalue weighted by Crippen LogP contribution is -2.32. The van der Waals surface area contributed by atoms with Crippen LogP contribution in [0.5, 0.6) is 5.75 Å². The van der Waals surface area contributed by atoms with Crippen LogP contribution >= 0.6 is 0 Å². The molecule has 1 atom stereocenters.